The van der Waals surface area contributed by atoms with Crippen LogP contribution in [0.4, 0.5) is 11.4 Å². The average Bonchev–Trinajstić information content (AvgIpc) is 3.13. The van der Waals surface area contributed by atoms with E-state index in [2.05, 4.69) is 20.6 Å². The van der Waals surface area contributed by atoms with Crippen molar-refractivity contribution in [2.45, 2.75) is 11.8 Å². The van der Waals surface area contributed by atoms with Crippen LogP contribution in [0.5, 0.6) is 0 Å². The molecule has 5 nitrogen and oxygen atoms in total. The van der Waals surface area contributed by atoms with Gasteiger partial charge in [-0.25, -0.2) is 13.4 Å². The summed E-state index contributed by atoms with van der Waals surface area (Å²) in [4.78, 5) is 7.66. The zero-order valence-electron chi connectivity index (χ0n) is 15.8. The number of rotatable bonds is 5. The second-order valence-electron chi connectivity index (χ2n) is 6.61. The molecule has 0 saturated heterocycles. The van der Waals surface area contributed by atoms with E-state index in [-0.39, 0.29) is 4.90 Å². The first-order chi connectivity index (χ1) is 14.0. The third-order valence-electron chi connectivity index (χ3n) is 4.49. The van der Waals surface area contributed by atoms with Crippen LogP contribution in [-0.4, -0.2) is 19.3 Å². The van der Waals surface area contributed by atoms with E-state index < -0.39 is 10.0 Å². The van der Waals surface area contributed by atoms with Crippen LogP contribution in [0.3, 0.4) is 0 Å². The van der Waals surface area contributed by atoms with Gasteiger partial charge in [-0.3, -0.25) is 4.72 Å². The third kappa shape index (κ3) is 4.14. The smallest absolute Gasteiger partial charge is 0.261 e. The number of sulfonamides is 1. The van der Waals surface area contributed by atoms with Gasteiger partial charge in [0.1, 0.15) is 0 Å². The second-order valence-corrected chi connectivity index (χ2v) is 8.29. The standard InChI is InChI=1S/C23H19N3O2S/c1-17-10-12-20(13-11-17)29(27,28)26-22-9-5-8-21-18(16-25-23(21)22)14-15-24-19-6-3-2-4-7-19/h2-14,16,25-26H,1H3. The predicted molar refractivity (Wildman–Crippen MR) is 118 cm³/mol. The Balaban J connectivity index is 1.66. The Labute approximate surface area is 169 Å². The number of aliphatic imine (C=N–C) groups is 1. The van der Waals surface area contributed by atoms with Crippen molar-refractivity contribution < 1.29 is 8.42 Å². The summed E-state index contributed by atoms with van der Waals surface area (Å²) in [6.45, 7) is 1.92. The molecule has 4 aromatic rings. The molecule has 0 spiro atoms. The van der Waals surface area contributed by atoms with Crippen LogP contribution < -0.4 is 4.72 Å². The minimum atomic E-state index is -3.68. The highest BCUT2D eigenvalue weighted by atomic mass is 32.2. The van der Waals surface area contributed by atoms with Crippen LogP contribution in [-0.2, 0) is 10.0 Å². The van der Waals surface area contributed by atoms with Crippen molar-refractivity contribution >= 4 is 44.2 Å². The Morgan fingerprint density at radius 1 is 0.966 bits per heavy atom. The molecule has 0 atom stereocenters. The molecule has 0 amide bonds. The van der Waals surface area contributed by atoms with E-state index in [1.54, 1.807) is 36.4 Å². The number of hydrogen-bond donors (Lipinski definition) is 2. The summed E-state index contributed by atoms with van der Waals surface area (Å²) in [5.74, 6) is 2.94. The monoisotopic (exact) mass is 401 g/mol. The van der Waals surface area contributed by atoms with E-state index in [1.165, 1.54) is 0 Å². The summed E-state index contributed by atoms with van der Waals surface area (Å²) in [6.07, 6.45) is 3.58. The number of aromatic nitrogens is 1. The van der Waals surface area contributed by atoms with Gasteiger partial charge in [-0.05, 0) is 43.1 Å². The first kappa shape index (κ1) is 18.7. The van der Waals surface area contributed by atoms with Gasteiger partial charge in [0.15, 0.2) is 0 Å². The number of fused-ring (bicyclic) bond motifs is 1. The summed E-state index contributed by atoms with van der Waals surface area (Å²) in [6, 6.07) is 21.8. The number of aryl methyl sites for hydroxylation is 1. The van der Waals surface area contributed by atoms with E-state index in [4.69, 9.17) is 0 Å². The van der Waals surface area contributed by atoms with Gasteiger partial charge >= 0.3 is 0 Å². The number of para-hydroxylation sites is 2. The molecule has 0 fully saturated rings. The molecule has 1 heterocycles. The van der Waals surface area contributed by atoms with Gasteiger partial charge in [-0.1, -0.05) is 48.0 Å². The number of nitrogens with zero attached hydrogens (tertiary/aromatic N) is 1. The zero-order valence-corrected chi connectivity index (χ0v) is 16.6. The van der Waals surface area contributed by atoms with E-state index in [0.29, 0.717) is 11.2 Å². The maximum atomic E-state index is 12.7. The van der Waals surface area contributed by atoms with Crippen LogP contribution in [0.25, 0.3) is 17.0 Å². The fourth-order valence-corrected chi connectivity index (χ4v) is 4.05. The van der Waals surface area contributed by atoms with Crippen molar-refractivity contribution in [2.24, 2.45) is 4.99 Å². The van der Waals surface area contributed by atoms with Crippen LogP contribution in [0, 0.1) is 6.92 Å². The minimum absolute atomic E-state index is 0.224. The van der Waals surface area contributed by atoms with E-state index >= 15 is 0 Å². The van der Waals surface area contributed by atoms with Gasteiger partial charge in [-0.2, -0.15) is 0 Å². The van der Waals surface area contributed by atoms with Crippen LogP contribution in [0.1, 0.15) is 11.1 Å². The molecular formula is C23H19N3O2S. The molecule has 6 heteroatoms. The quantitative estimate of drug-likeness (QED) is 0.446. The SMILES string of the molecule is Cc1ccc(S(=O)(=O)Nc2cccc3c(C=C=Nc4ccccc4)c[nH]c23)cc1. The highest BCUT2D eigenvalue weighted by molar-refractivity contribution is 7.92. The molecular weight excluding hydrogens is 382 g/mol. The largest absolute Gasteiger partial charge is 0.359 e. The van der Waals surface area contributed by atoms with Gasteiger partial charge in [0, 0.05) is 23.2 Å². The highest BCUT2D eigenvalue weighted by Crippen LogP contribution is 2.28. The Bertz CT molecular complexity index is 1320. The topological polar surface area (TPSA) is 74.3 Å². The van der Waals surface area contributed by atoms with E-state index in [1.807, 2.05) is 55.6 Å². The van der Waals surface area contributed by atoms with E-state index in [0.717, 1.165) is 22.2 Å². The molecule has 0 aliphatic heterocycles. The van der Waals surface area contributed by atoms with Crippen molar-refractivity contribution in [3.63, 3.8) is 0 Å². The highest BCUT2D eigenvalue weighted by Gasteiger charge is 2.16. The summed E-state index contributed by atoms with van der Waals surface area (Å²) in [7, 11) is -3.68. The van der Waals surface area contributed by atoms with Crippen molar-refractivity contribution in [1.29, 1.82) is 0 Å². The molecule has 2 N–H and O–H groups in total. The minimum Gasteiger partial charge on any atom is -0.359 e. The number of hydrogen-bond acceptors (Lipinski definition) is 3. The van der Waals surface area contributed by atoms with Gasteiger partial charge < -0.3 is 4.98 Å². The molecule has 0 saturated carbocycles. The lowest BCUT2D eigenvalue weighted by molar-refractivity contribution is 0.601. The molecule has 3 aromatic carbocycles. The van der Waals surface area contributed by atoms with Gasteiger partial charge in [0.2, 0.25) is 0 Å². The Morgan fingerprint density at radius 3 is 2.48 bits per heavy atom. The molecule has 144 valence electrons. The Hall–Kier alpha value is -3.60. The summed E-state index contributed by atoms with van der Waals surface area (Å²) in [5.41, 5.74) is 3.88. The Kier molecular flexibility index (Phi) is 5.04. The molecule has 4 rings (SSSR count). The average molecular weight is 401 g/mol. The maximum absolute atomic E-state index is 12.7. The van der Waals surface area contributed by atoms with Gasteiger partial charge in [0.25, 0.3) is 10.0 Å². The number of aromatic amines is 1. The van der Waals surface area contributed by atoms with E-state index in [9.17, 15) is 8.42 Å². The number of anilines is 1. The fourth-order valence-electron chi connectivity index (χ4n) is 2.98. The molecule has 1 aromatic heterocycles. The maximum Gasteiger partial charge on any atom is 0.261 e. The number of benzene rings is 3. The Morgan fingerprint density at radius 2 is 1.72 bits per heavy atom. The van der Waals surface area contributed by atoms with Crippen molar-refractivity contribution in [3.8, 4) is 0 Å². The van der Waals surface area contributed by atoms with Crippen molar-refractivity contribution in [3.05, 3.63) is 90.1 Å². The molecule has 0 radical (unpaired) electrons. The first-order valence-corrected chi connectivity index (χ1v) is 10.6. The second kappa shape index (κ2) is 7.80. The third-order valence-corrected chi connectivity index (χ3v) is 5.87. The van der Waals surface area contributed by atoms with Crippen LogP contribution in [0.15, 0.2) is 88.9 Å². The zero-order chi connectivity index (χ0) is 20.3. The normalized spacial score (nSPS) is 11.1. The van der Waals surface area contributed by atoms with Crippen LogP contribution in [0.2, 0.25) is 0 Å². The lowest BCUT2D eigenvalue weighted by atomic mass is 10.1. The van der Waals surface area contributed by atoms with Crippen LogP contribution >= 0.6 is 0 Å². The summed E-state index contributed by atoms with van der Waals surface area (Å²) >= 11 is 0. The van der Waals surface area contributed by atoms with Crippen molar-refractivity contribution in [1.82, 2.24) is 4.98 Å². The summed E-state index contributed by atoms with van der Waals surface area (Å²) < 4.78 is 28.1. The van der Waals surface area contributed by atoms with Crippen molar-refractivity contribution in [2.75, 3.05) is 4.72 Å². The molecule has 0 unspecified atom stereocenters. The lowest BCUT2D eigenvalue weighted by Crippen LogP contribution is -2.13. The molecule has 29 heavy (non-hydrogen) atoms. The molecule has 0 bridgehead atoms. The molecule has 0 aliphatic carbocycles. The van der Waals surface area contributed by atoms with Gasteiger partial charge in [-0.15, -0.1) is 0 Å². The fraction of sp³-hybridized carbons (Fsp3) is 0.0435. The van der Waals surface area contributed by atoms with Gasteiger partial charge in [0.05, 0.1) is 21.8 Å². The molecule has 0 aliphatic rings. The number of H-pyrrole nitrogens is 1. The first-order valence-electron chi connectivity index (χ1n) is 9.07. The summed E-state index contributed by atoms with van der Waals surface area (Å²) in [5, 5.41) is 0.880. The predicted octanol–water partition coefficient (Wildman–Crippen LogP) is 5.29. The lowest BCUT2D eigenvalue weighted by Gasteiger charge is -2.09. The number of nitrogens with one attached hydrogen (secondary N) is 2.